The van der Waals surface area contributed by atoms with Crippen LogP contribution in [0.4, 0.5) is 0 Å². The van der Waals surface area contributed by atoms with E-state index in [1.54, 1.807) is 24.3 Å². The number of ether oxygens (including phenoxy) is 4. The number of fused-ring (bicyclic) bond motifs is 2. The van der Waals surface area contributed by atoms with Crippen molar-refractivity contribution in [2.75, 3.05) is 13.2 Å². The zero-order chi connectivity index (χ0) is 27.5. The molecule has 4 fully saturated rings. The van der Waals surface area contributed by atoms with Gasteiger partial charge in [-0.1, -0.05) is 20.8 Å². The molecule has 2 aromatic heterocycles. The van der Waals surface area contributed by atoms with Crippen LogP contribution >= 0.6 is 0 Å². The van der Waals surface area contributed by atoms with Gasteiger partial charge in [0.2, 0.25) is 11.5 Å². The zero-order valence-electron chi connectivity index (χ0n) is 22.7. The summed E-state index contributed by atoms with van der Waals surface area (Å²) in [7, 11) is 0. The molecule has 4 aliphatic rings. The second-order valence-corrected chi connectivity index (χ2v) is 12.4. The van der Waals surface area contributed by atoms with Crippen LogP contribution in [-0.4, -0.2) is 48.4 Å². The molecule has 4 heterocycles. The Morgan fingerprint density at radius 1 is 0.974 bits per heavy atom. The molecular weight excluding hydrogens is 504 g/mol. The summed E-state index contributed by atoms with van der Waals surface area (Å²) >= 11 is 0. The first-order valence-electron chi connectivity index (χ1n) is 13.9. The minimum atomic E-state index is -0.703. The van der Waals surface area contributed by atoms with Crippen molar-refractivity contribution < 1.29 is 42.2 Å². The fraction of sp³-hybridized carbons (Fsp3) is 0.633. The molecule has 0 bridgehead atoms. The number of hydrogen-bond donors (Lipinski definition) is 0. The molecular formula is C30H36O9. The molecule has 39 heavy (non-hydrogen) atoms. The van der Waals surface area contributed by atoms with E-state index in [4.69, 9.17) is 27.8 Å². The van der Waals surface area contributed by atoms with Crippen molar-refractivity contribution in [3.63, 3.8) is 0 Å². The Kier molecular flexibility index (Phi) is 6.21. The summed E-state index contributed by atoms with van der Waals surface area (Å²) in [4.78, 5) is 38.0. The molecule has 2 saturated heterocycles. The molecule has 2 aromatic rings. The molecule has 0 radical (unpaired) electrons. The molecule has 0 amide bonds. The molecule has 2 aliphatic carbocycles. The van der Waals surface area contributed by atoms with E-state index in [9.17, 15) is 14.4 Å². The highest BCUT2D eigenvalue weighted by molar-refractivity contribution is 5.87. The van der Waals surface area contributed by atoms with Crippen LogP contribution in [0.2, 0.25) is 0 Å². The van der Waals surface area contributed by atoms with E-state index in [1.165, 1.54) is 12.5 Å². The van der Waals surface area contributed by atoms with Crippen molar-refractivity contribution in [2.45, 2.75) is 83.0 Å². The van der Waals surface area contributed by atoms with Gasteiger partial charge < -0.3 is 27.8 Å². The summed E-state index contributed by atoms with van der Waals surface area (Å²) in [6.07, 6.45) is 7.37. The maximum atomic E-state index is 13.0. The highest BCUT2D eigenvalue weighted by atomic mass is 16.6. The SMILES string of the molecule is C[C@@H]1CC[C@H]2[C@](C)(COC(=O)c3ccco3)[C@@H](OC(=O)c3ccco3)CC[C@]2(C)[C@@]12CC[C@]1(COC(=O)C1)O2. The second kappa shape index (κ2) is 9.25. The number of furan rings is 2. The van der Waals surface area contributed by atoms with Crippen molar-refractivity contribution in [1.82, 2.24) is 0 Å². The van der Waals surface area contributed by atoms with E-state index in [1.807, 2.05) is 0 Å². The molecule has 7 atom stereocenters. The summed E-state index contributed by atoms with van der Waals surface area (Å²) in [6, 6.07) is 6.44. The number of rotatable bonds is 5. The van der Waals surface area contributed by atoms with Crippen molar-refractivity contribution >= 4 is 17.9 Å². The van der Waals surface area contributed by atoms with Crippen LogP contribution in [-0.2, 0) is 23.7 Å². The molecule has 2 saturated carbocycles. The largest absolute Gasteiger partial charge is 0.463 e. The van der Waals surface area contributed by atoms with E-state index in [-0.39, 0.29) is 47.8 Å². The Hall–Kier alpha value is -3.07. The average molecular weight is 541 g/mol. The summed E-state index contributed by atoms with van der Waals surface area (Å²) in [5.74, 6) is -0.746. The molecule has 2 spiro atoms. The van der Waals surface area contributed by atoms with Gasteiger partial charge in [0, 0.05) is 10.8 Å². The van der Waals surface area contributed by atoms with E-state index >= 15 is 0 Å². The van der Waals surface area contributed by atoms with Gasteiger partial charge in [-0.2, -0.15) is 0 Å². The fourth-order valence-corrected chi connectivity index (χ4v) is 8.36. The van der Waals surface area contributed by atoms with Crippen LogP contribution in [0, 0.1) is 22.7 Å². The minimum absolute atomic E-state index is 0.0157. The summed E-state index contributed by atoms with van der Waals surface area (Å²) in [5.41, 5.74) is -2.06. The Bertz CT molecular complexity index is 1240. The number of carbonyl (C=O) groups excluding carboxylic acids is 3. The normalized spacial score (nSPS) is 39.5. The van der Waals surface area contributed by atoms with Crippen LogP contribution in [0.5, 0.6) is 0 Å². The first-order valence-corrected chi connectivity index (χ1v) is 13.9. The molecule has 2 aliphatic heterocycles. The third kappa shape index (κ3) is 4.03. The predicted molar refractivity (Wildman–Crippen MR) is 136 cm³/mol. The monoisotopic (exact) mass is 540 g/mol. The van der Waals surface area contributed by atoms with Crippen LogP contribution in [0.3, 0.4) is 0 Å². The maximum absolute atomic E-state index is 13.0. The van der Waals surface area contributed by atoms with E-state index in [0.717, 1.165) is 32.1 Å². The Morgan fingerprint density at radius 2 is 1.69 bits per heavy atom. The highest BCUT2D eigenvalue weighted by Crippen LogP contribution is 2.68. The second-order valence-electron chi connectivity index (χ2n) is 12.4. The number of cyclic esters (lactones) is 1. The topological polar surface area (TPSA) is 114 Å². The number of esters is 3. The van der Waals surface area contributed by atoms with Crippen LogP contribution in [0.1, 0.15) is 86.8 Å². The maximum Gasteiger partial charge on any atom is 0.374 e. The predicted octanol–water partition coefficient (Wildman–Crippen LogP) is 5.34. The zero-order valence-corrected chi connectivity index (χ0v) is 22.7. The molecule has 0 N–H and O–H groups in total. The lowest BCUT2D eigenvalue weighted by atomic mass is 9.43. The van der Waals surface area contributed by atoms with Gasteiger partial charge in [-0.15, -0.1) is 0 Å². The third-order valence-corrected chi connectivity index (χ3v) is 10.4. The highest BCUT2D eigenvalue weighted by Gasteiger charge is 2.70. The van der Waals surface area contributed by atoms with Gasteiger partial charge in [-0.25, -0.2) is 9.59 Å². The molecule has 6 rings (SSSR count). The molecule has 210 valence electrons. The average Bonchev–Trinajstić information content (AvgIpc) is 3.72. The van der Waals surface area contributed by atoms with Gasteiger partial charge in [-0.05, 0) is 74.6 Å². The van der Waals surface area contributed by atoms with Crippen molar-refractivity contribution in [1.29, 1.82) is 0 Å². The lowest BCUT2D eigenvalue weighted by Crippen LogP contribution is -2.67. The molecule has 0 aromatic carbocycles. The minimum Gasteiger partial charge on any atom is -0.463 e. The van der Waals surface area contributed by atoms with E-state index in [2.05, 4.69) is 20.8 Å². The molecule has 9 heteroatoms. The summed E-state index contributed by atoms with van der Waals surface area (Å²) < 4.78 is 34.9. The lowest BCUT2D eigenvalue weighted by Gasteiger charge is -2.65. The van der Waals surface area contributed by atoms with Crippen LogP contribution in [0.15, 0.2) is 45.6 Å². The summed E-state index contributed by atoms with van der Waals surface area (Å²) in [5, 5.41) is 0. The number of carbonyl (C=O) groups is 3. The van der Waals surface area contributed by atoms with E-state index in [0.29, 0.717) is 13.0 Å². The first kappa shape index (κ1) is 26.2. The number of hydrogen-bond acceptors (Lipinski definition) is 9. The van der Waals surface area contributed by atoms with Crippen LogP contribution < -0.4 is 0 Å². The standard InChI is InChI=1S/C30H36O9/c1-19-8-9-22-27(2,17-37-25(32)20-6-4-14-34-20)23(38-26(33)21-7-5-15-35-21)10-11-28(22,3)30(19)13-12-29(39-30)16-24(31)36-18-29/h4-7,14-15,19,22-23H,8-13,16-18H2,1-3H3/t19-,22+,23+,27+,28+,29+,30-/m1/s1. The quantitative estimate of drug-likeness (QED) is 0.366. The fourth-order valence-electron chi connectivity index (χ4n) is 8.36. The molecule has 0 unspecified atom stereocenters. The van der Waals surface area contributed by atoms with Crippen molar-refractivity contribution in [3.8, 4) is 0 Å². The Morgan fingerprint density at radius 3 is 2.33 bits per heavy atom. The first-order chi connectivity index (χ1) is 18.6. The van der Waals surface area contributed by atoms with E-state index < -0.39 is 34.7 Å². The van der Waals surface area contributed by atoms with Gasteiger partial charge in [-0.3, -0.25) is 4.79 Å². The lowest BCUT2D eigenvalue weighted by molar-refractivity contribution is -0.265. The summed E-state index contributed by atoms with van der Waals surface area (Å²) in [6.45, 7) is 6.93. The Balaban J connectivity index is 1.33. The van der Waals surface area contributed by atoms with Gasteiger partial charge in [0.15, 0.2) is 0 Å². The smallest absolute Gasteiger partial charge is 0.374 e. The van der Waals surface area contributed by atoms with Gasteiger partial charge in [0.25, 0.3) is 0 Å². The molecule has 9 nitrogen and oxygen atoms in total. The van der Waals surface area contributed by atoms with Crippen molar-refractivity contribution in [2.24, 2.45) is 22.7 Å². The third-order valence-electron chi connectivity index (χ3n) is 10.4. The van der Waals surface area contributed by atoms with Gasteiger partial charge >= 0.3 is 17.9 Å². The van der Waals surface area contributed by atoms with Crippen LogP contribution in [0.25, 0.3) is 0 Å². The van der Waals surface area contributed by atoms with Gasteiger partial charge in [0.05, 0.1) is 24.5 Å². The van der Waals surface area contributed by atoms with Gasteiger partial charge in [0.1, 0.15) is 24.9 Å². The Labute approximate surface area is 227 Å². The van der Waals surface area contributed by atoms with Crippen molar-refractivity contribution in [3.05, 3.63) is 48.3 Å².